The van der Waals surface area contributed by atoms with Crippen molar-refractivity contribution >= 4 is 5.97 Å². The molecule has 4 fully saturated rings. The Labute approximate surface area is 260 Å². The lowest BCUT2D eigenvalue weighted by Crippen LogP contribution is -2.48. The van der Waals surface area contributed by atoms with E-state index in [0.29, 0.717) is 54.6 Å². The summed E-state index contributed by atoms with van der Waals surface area (Å²) < 4.78 is 38.6. The number of rotatable bonds is 15. The molecule has 9 nitrogen and oxygen atoms in total. The summed E-state index contributed by atoms with van der Waals surface area (Å²) in [6.45, 7) is 1.78. The molecule has 0 spiro atoms. The van der Waals surface area contributed by atoms with Gasteiger partial charge in [0.1, 0.15) is 17.6 Å². The van der Waals surface area contributed by atoms with Crippen molar-refractivity contribution in [2.24, 2.45) is 17.8 Å². The number of aliphatic hydroxyl groups excluding tert-OH is 1. The fourth-order valence-corrected chi connectivity index (χ4v) is 7.54. The third-order valence-corrected chi connectivity index (χ3v) is 9.13. The Morgan fingerprint density at radius 3 is 1.95 bits per heavy atom. The normalized spacial score (nSPS) is 24.0. The number of benzene rings is 2. The Hall–Kier alpha value is -3.13. The first-order valence-electron chi connectivity index (χ1n) is 15.4. The minimum atomic E-state index is -1.14. The number of hydrogen-bond donors (Lipinski definition) is 1. The zero-order valence-electron chi connectivity index (χ0n) is 26.0. The second kappa shape index (κ2) is 15.2. The van der Waals surface area contributed by atoms with Crippen LogP contribution in [-0.2, 0) is 29.1 Å². The van der Waals surface area contributed by atoms with Crippen LogP contribution in [0.5, 0.6) is 11.5 Å². The Morgan fingerprint density at radius 2 is 1.41 bits per heavy atom. The maximum Gasteiger partial charge on any atom is 0.337 e. The van der Waals surface area contributed by atoms with E-state index in [2.05, 4.69) is 11.8 Å². The highest BCUT2D eigenvalue weighted by Crippen LogP contribution is 2.62. The molecule has 1 N–H and O–H groups in total. The van der Waals surface area contributed by atoms with E-state index in [1.165, 1.54) is 26.4 Å². The zero-order valence-corrected chi connectivity index (χ0v) is 26.0. The van der Waals surface area contributed by atoms with Gasteiger partial charge in [-0.2, -0.15) is 0 Å². The number of aliphatic hydroxyl groups is 1. The maximum atomic E-state index is 11.8. The fourth-order valence-electron chi connectivity index (χ4n) is 7.54. The van der Waals surface area contributed by atoms with E-state index in [0.717, 1.165) is 42.6 Å². The molecule has 0 saturated heterocycles. The van der Waals surface area contributed by atoms with Crippen molar-refractivity contribution in [2.45, 2.75) is 50.0 Å². The Balaban J connectivity index is 1.47. The first-order valence-corrected chi connectivity index (χ1v) is 15.4. The Morgan fingerprint density at radius 1 is 0.841 bits per heavy atom. The first kappa shape index (κ1) is 32.3. The summed E-state index contributed by atoms with van der Waals surface area (Å²) in [6.07, 6.45) is 6.15. The lowest BCUT2D eigenvalue weighted by atomic mass is 9.48. The average Bonchev–Trinajstić information content (AvgIpc) is 3.02. The van der Waals surface area contributed by atoms with Gasteiger partial charge in [0.2, 0.25) is 0 Å². The molecular weight excluding hydrogens is 564 g/mol. The van der Waals surface area contributed by atoms with Crippen LogP contribution in [0.1, 0.15) is 71.7 Å². The van der Waals surface area contributed by atoms with Crippen LogP contribution in [0.2, 0.25) is 0 Å². The van der Waals surface area contributed by atoms with Crippen molar-refractivity contribution in [3.63, 3.8) is 0 Å². The first-order chi connectivity index (χ1) is 21.4. The van der Waals surface area contributed by atoms with Crippen LogP contribution in [0, 0.1) is 29.6 Å². The monoisotopic (exact) mass is 608 g/mol. The molecule has 1 unspecified atom stereocenters. The highest BCUT2D eigenvalue weighted by atomic mass is 16.7. The van der Waals surface area contributed by atoms with Crippen molar-refractivity contribution in [1.29, 1.82) is 0 Å². The molecule has 238 valence electrons. The third kappa shape index (κ3) is 7.74. The molecule has 6 rings (SSSR count). The van der Waals surface area contributed by atoms with Gasteiger partial charge in [-0.1, -0.05) is 11.8 Å². The predicted molar refractivity (Wildman–Crippen MR) is 163 cm³/mol. The van der Waals surface area contributed by atoms with Crippen LogP contribution in [0.4, 0.5) is 0 Å². The molecule has 4 aliphatic rings. The zero-order chi connectivity index (χ0) is 30.9. The summed E-state index contributed by atoms with van der Waals surface area (Å²) in [5.41, 5.74) is 2.74. The lowest BCUT2D eigenvalue weighted by molar-refractivity contribution is -0.0203. The molecule has 4 bridgehead atoms. The highest BCUT2D eigenvalue weighted by molar-refractivity contribution is 5.89. The molecule has 0 aliphatic heterocycles. The smallest absolute Gasteiger partial charge is 0.337 e. The summed E-state index contributed by atoms with van der Waals surface area (Å²) >= 11 is 0. The highest BCUT2D eigenvalue weighted by Gasteiger charge is 2.52. The average molecular weight is 609 g/mol. The van der Waals surface area contributed by atoms with Gasteiger partial charge in [-0.15, -0.1) is 0 Å². The van der Waals surface area contributed by atoms with Crippen molar-refractivity contribution < 1.29 is 43.1 Å². The number of carbonyl (C=O) groups is 1. The number of methoxy groups -OCH3 is 3. The van der Waals surface area contributed by atoms with E-state index in [-0.39, 0.29) is 19.0 Å². The van der Waals surface area contributed by atoms with Crippen molar-refractivity contribution in [3.05, 3.63) is 58.7 Å². The summed E-state index contributed by atoms with van der Waals surface area (Å²) in [6, 6.07) is 10.7. The second-order valence-corrected chi connectivity index (χ2v) is 12.2. The summed E-state index contributed by atoms with van der Waals surface area (Å²) in [5.74, 6) is 8.92. The predicted octanol–water partition coefficient (Wildman–Crippen LogP) is 5.02. The Kier molecular flexibility index (Phi) is 11.2. The molecule has 4 aliphatic carbocycles. The van der Waals surface area contributed by atoms with Gasteiger partial charge in [0.05, 0.1) is 39.1 Å². The third-order valence-electron chi connectivity index (χ3n) is 9.13. The minimum Gasteiger partial charge on any atom is -0.467 e. The molecule has 0 heterocycles. The molecule has 0 aromatic heterocycles. The van der Waals surface area contributed by atoms with Gasteiger partial charge in [-0.25, -0.2) is 4.79 Å². The van der Waals surface area contributed by atoms with Gasteiger partial charge >= 0.3 is 5.97 Å². The quantitative estimate of drug-likeness (QED) is 0.129. The van der Waals surface area contributed by atoms with Crippen LogP contribution >= 0.6 is 0 Å². The Bertz CT molecular complexity index is 1270. The molecule has 1 atom stereocenters. The standard InChI is InChI=1S/C35H44O9/c1-38-10-12-41-22-43-32-18-33(44-23-42-13-11-39-2)30(35-19-25-14-26(20-35)16-27(15-25)21-35)17-29(32)31(36)9-6-24-4-7-28(8-5-24)34(37)40-3/h4-5,7-8,17-18,25-27,31,36H,10-16,19-23H2,1-3H3. The van der Waals surface area contributed by atoms with Crippen LogP contribution in [0.3, 0.4) is 0 Å². The molecule has 4 saturated carbocycles. The number of esters is 1. The van der Waals surface area contributed by atoms with E-state index in [1.54, 1.807) is 38.5 Å². The molecule has 44 heavy (non-hydrogen) atoms. The van der Waals surface area contributed by atoms with Crippen LogP contribution in [0.15, 0.2) is 36.4 Å². The molecule has 0 radical (unpaired) electrons. The largest absolute Gasteiger partial charge is 0.467 e. The molecular formula is C35H44O9. The maximum absolute atomic E-state index is 11.8. The van der Waals surface area contributed by atoms with E-state index in [4.69, 9.17) is 33.2 Å². The van der Waals surface area contributed by atoms with Gasteiger partial charge in [-0.3, -0.25) is 0 Å². The van der Waals surface area contributed by atoms with E-state index in [1.807, 2.05) is 12.1 Å². The second-order valence-electron chi connectivity index (χ2n) is 12.2. The lowest BCUT2D eigenvalue weighted by Gasteiger charge is -2.57. The molecule has 0 amide bonds. The number of ether oxygens (including phenoxy) is 7. The van der Waals surface area contributed by atoms with Gasteiger partial charge in [0, 0.05) is 37.0 Å². The summed E-state index contributed by atoms with van der Waals surface area (Å²) in [7, 11) is 4.59. The fraction of sp³-hybridized carbons (Fsp3) is 0.571. The van der Waals surface area contributed by atoms with Gasteiger partial charge in [-0.05, 0) is 92.0 Å². The number of carbonyl (C=O) groups excluding carboxylic acids is 1. The molecule has 2 aromatic carbocycles. The number of hydrogen-bond acceptors (Lipinski definition) is 9. The SMILES string of the molecule is COCCOCOc1cc(OCOCCOC)c(C23CC4CC(CC(C4)C2)C3)cc1C(O)C#Cc1ccc(C(=O)OC)cc1. The van der Waals surface area contributed by atoms with Crippen LogP contribution < -0.4 is 9.47 Å². The summed E-state index contributed by atoms with van der Waals surface area (Å²) in [5, 5.41) is 11.5. The van der Waals surface area contributed by atoms with Crippen LogP contribution in [-0.4, -0.2) is 72.4 Å². The van der Waals surface area contributed by atoms with Crippen molar-refractivity contribution in [3.8, 4) is 23.3 Å². The molecule has 9 heteroatoms. The van der Waals surface area contributed by atoms with Gasteiger partial charge in [0.25, 0.3) is 0 Å². The van der Waals surface area contributed by atoms with Gasteiger partial charge < -0.3 is 38.3 Å². The van der Waals surface area contributed by atoms with Gasteiger partial charge in [0.15, 0.2) is 13.6 Å². The van der Waals surface area contributed by atoms with Crippen molar-refractivity contribution in [2.75, 3.05) is 61.3 Å². The molecule has 2 aromatic rings. The minimum absolute atomic E-state index is 0.0181. The van der Waals surface area contributed by atoms with Crippen molar-refractivity contribution in [1.82, 2.24) is 0 Å². The van der Waals surface area contributed by atoms with E-state index in [9.17, 15) is 9.90 Å². The van der Waals surface area contributed by atoms with E-state index < -0.39 is 12.1 Å². The van der Waals surface area contributed by atoms with E-state index >= 15 is 0 Å². The topological polar surface area (TPSA) is 102 Å². The van der Waals surface area contributed by atoms with Crippen LogP contribution in [0.25, 0.3) is 0 Å². The summed E-state index contributed by atoms with van der Waals surface area (Å²) in [4.78, 5) is 11.8.